The van der Waals surface area contributed by atoms with Gasteiger partial charge in [0.05, 0.1) is 5.54 Å². The van der Waals surface area contributed by atoms with Gasteiger partial charge in [0, 0.05) is 6.04 Å². The fraction of sp³-hybridized carbons (Fsp3) is 0.923. The molecule has 3 nitrogen and oxygen atoms in total. The van der Waals surface area contributed by atoms with Gasteiger partial charge in [-0.1, -0.05) is 6.92 Å². The maximum Gasteiger partial charge on any atom is 0.239 e. The van der Waals surface area contributed by atoms with Gasteiger partial charge in [-0.3, -0.25) is 4.79 Å². The Labute approximate surface area is 98.4 Å². The second kappa shape index (κ2) is 4.36. The van der Waals surface area contributed by atoms with E-state index in [1.807, 2.05) is 20.8 Å². The second-order valence-corrected chi connectivity index (χ2v) is 5.83. The van der Waals surface area contributed by atoms with Crippen molar-refractivity contribution in [1.29, 1.82) is 0 Å². The number of amides is 1. The summed E-state index contributed by atoms with van der Waals surface area (Å²) in [6.45, 7) is 6.79. The lowest BCUT2D eigenvalue weighted by atomic mass is 10.0. The van der Waals surface area contributed by atoms with Crippen LogP contribution in [0.1, 0.15) is 46.5 Å². The lowest BCUT2D eigenvalue weighted by Gasteiger charge is -2.28. The zero-order valence-corrected chi connectivity index (χ0v) is 10.7. The quantitative estimate of drug-likeness (QED) is 0.720. The molecule has 0 aromatic heterocycles. The van der Waals surface area contributed by atoms with Crippen molar-refractivity contribution in [3.05, 3.63) is 0 Å². The minimum atomic E-state index is -0.434. The van der Waals surface area contributed by atoms with Gasteiger partial charge in [0.15, 0.2) is 0 Å². The number of hydrogen-bond acceptors (Lipinski definition) is 2. The van der Waals surface area contributed by atoms with Crippen LogP contribution in [0.5, 0.6) is 0 Å². The van der Waals surface area contributed by atoms with Crippen LogP contribution in [0.15, 0.2) is 0 Å². The van der Waals surface area contributed by atoms with E-state index < -0.39 is 5.54 Å². The minimum Gasteiger partial charge on any atom is -0.351 e. The molecule has 0 spiro atoms. The van der Waals surface area contributed by atoms with E-state index in [1.165, 1.54) is 25.7 Å². The van der Waals surface area contributed by atoms with Crippen LogP contribution in [0.25, 0.3) is 0 Å². The molecule has 2 rings (SSSR count). The molecular formula is C13H24N2O. The Kier molecular flexibility index (Phi) is 3.24. The molecule has 0 aromatic rings. The lowest BCUT2D eigenvalue weighted by Crippen LogP contribution is -2.55. The maximum absolute atomic E-state index is 12.2. The zero-order valence-electron chi connectivity index (χ0n) is 10.7. The van der Waals surface area contributed by atoms with Crippen molar-refractivity contribution < 1.29 is 4.79 Å². The van der Waals surface area contributed by atoms with E-state index in [9.17, 15) is 4.79 Å². The van der Waals surface area contributed by atoms with Crippen molar-refractivity contribution >= 4 is 5.91 Å². The molecule has 2 N–H and O–H groups in total. The summed E-state index contributed by atoms with van der Waals surface area (Å²) in [5.74, 6) is 1.71. The molecule has 0 atom stereocenters. The molecule has 0 saturated heterocycles. The second-order valence-electron chi connectivity index (χ2n) is 5.83. The summed E-state index contributed by atoms with van der Waals surface area (Å²) in [4.78, 5) is 12.2. The Balaban J connectivity index is 1.88. The summed E-state index contributed by atoms with van der Waals surface area (Å²) in [7, 11) is 0. The van der Waals surface area contributed by atoms with Crippen LogP contribution in [0.2, 0.25) is 0 Å². The van der Waals surface area contributed by atoms with Gasteiger partial charge >= 0.3 is 0 Å². The molecule has 0 heterocycles. The van der Waals surface area contributed by atoms with Gasteiger partial charge in [-0.15, -0.1) is 0 Å². The van der Waals surface area contributed by atoms with E-state index in [-0.39, 0.29) is 5.91 Å². The smallest absolute Gasteiger partial charge is 0.239 e. The van der Waals surface area contributed by atoms with E-state index in [2.05, 4.69) is 10.6 Å². The number of carbonyl (C=O) groups is 1. The number of nitrogens with one attached hydrogen (secondary N) is 2. The molecule has 3 heteroatoms. The van der Waals surface area contributed by atoms with E-state index >= 15 is 0 Å². The highest BCUT2D eigenvalue weighted by atomic mass is 16.2. The zero-order chi connectivity index (χ0) is 11.8. The Morgan fingerprint density at radius 1 is 1.25 bits per heavy atom. The molecule has 2 aliphatic carbocycles. The molecule has 2 saturated carbocycles. The first-order valence-corrected chi connectivity index (χ1v) is 6.60. The molecular weight excluding hydrogens is 200 g/mol. The Bertz CT molecular complexity index is 255. The Morgan fingerprint density at radius 2 is 1.75 bits per heavy atom. The predicted octanol–water partition coefficient (Wildman–Crippen LogP) is 1.68. The molecule has 0 bridgehead atoms. The van der Waals surface area contributed by atoms with Crippen LogP contribution in [-0.2, 0) is 4.79 Å². The summed E-state index contributed by atoms with van der Waals surface area (Å²) in [5.41, 5.74) is -0.434. The Morgan fingerprint density at radius 3 is 2.12 bits per heavy atom. The normalized spacial score (nSPS) is 21.2. The van der Waals surface area contributed by atoms with Crippen LogP contribution < -0.4 is 10.6 Å². The van der Waals surface area contributed by atoms with Crippen LogP contribution in [0.4, 0.5) is 0 Å². The van der Waals surface area contributed by atoms with Crippen molar-refractivity contribution in [3.8, 4) is 0 Å². The standard InChI is InChI=1S/C13H24N2O/c1-4-14-13(2,3)12(16)15-11(9-5-6-9)10-7-8-10/h9-11,14H,4-8H2,1-3H3,(H,15,16). The topological polar surface area (TPSA) is 41.1 Å². The van der Waals surface area contributed by atoms with Gasteiger partial charge < -0.3 is 10.6 Å². The predicted molar refractivity (Wildman–Crippen MR) is 65.1 cm³/mol. The third-order valence-corrected chi connectivity index (χ3v) is 3.74. The van der Waals surface area contributed by atoms with Gasteiger partial charge in [-0.2, -0.15) is 0 Å². The SMILES string of the molecule is CCNC(C)(C)C(=O)NC(C1CC1)C1CC1. The van der Waals surface area contributed by atoms with Crippen LogP contribution in [0, 0.1) is 11.8 Å². The number of hydrogen-bond donors (Lipinski definition) is 2. The first-order valence-electron chi connectivity index (χ1n) is 6.60. The van der Waals surface area contributed by atoms with Gasteiger partial charge in [0.1, 0.15) is 0 Å². The number of carbonyl (C=O) groups excluding carboxylic acids is 1. The minimum absolute atomic E-state index is 0.165. The summed E-state index contributed by atoms with van der Waals surface area (Å²) in [5, 5.41) is 6.50. The van der Waals surface area contributed by atoms with Gasteiger partial charge in [0.2, 0.25) is 5.91 Å². The lowest BCUT2D eigenvalue weighted by molar-refractivity contribution is -0.127. The van der Waals surface area contributed by atoms with Crippen molar-refractivity contribution in [2.45, 2.75) is 58.0 Å². The van der Waals surface area contributed by atoms with Crippen LogP contribution in [0.3, 0.4) is 0 Å². The molecule has 92 valence electrons. The fourth-order valence-electron chi connectivity index (χ4n) is 2.39. The average Bonchev–Trinajstić information content (AvgIpc) is 3.05. The number of likely N-dealkylation sites (N-methyl/N-ethyl adjacent to an activating group) is 1. The summed E-state index contributed by atoms with van der Waals surface area (Å²) < 4.78 is 0. The van der Waals surface area contributed by atoms with E-state index in [1.54, 1.807) is 0 Å². The summed E-state index contributed by atoms with van der Waals surface area (Å²) >= 11 is 0. The van der Waals surface area contributed by atoms with Gasteiger partial charge in [-0.25, -0.2) is 0 Å². The van der Waals surface area contributed by atoms with Gasteiger partial charge in [-0.05, 0) is 57.9 Å². The largest absolute Gasteiger partial charge is 0.351 e. The first kappa shape index (κ1) is 11.9. The fourth-order valence-corrected chi connectivity index (χ4v) is 2.39. The molecule has 0 aliphatic heterocycles. The molecule has 0 unspecified atom stereocenters. The van der Waals surface area contributed by atoms with Crippen molar-refractivity contribution in [1.82, 2.24) is 10.6 Å². The maximum atomic E-state index is 12.2. The van der Waals surface area contributed by atoms with Crippen molar-refractivity contribution in [3.63, 3.8) is 0 Å². The molecule has 1 amide bonds. The molecule has 0 aromatic carbocycles. The van der Waals surface area contributed by atoms with E-state index in [4.69, 9.17) is 0 Å². The van der Waals surface area contributed by atoms with Gasteiger partial charge in [0.25, 0.3) is 0 Å². The third-order valence-electron chi connectivity index (χ3n) is 3.74. The summed E-state index contributed by atoms with van der Waals surface area (Å²) in [6, 6.07) is 0.463. The van der Waals surface area contributed by atoms with Crippen molar-refractivity contribution in [2.24, 2.45) is 11.8 Å². The number of rotatable bonds is 6. The molecule has 2 fully saturated rings. The highest BCUT2D eigenvalue weighted by Crippen LogP contribution is 2.44. The monoisotopic (exact) mass is 224 g/mol. The first-order chi connectivity index (χ1) is 7.54. The van der Waals surface area contributed by atoms with Crippen LogP contribution >= 0.6 is 0 Å². The third kappa shape index (κ3) is 2.76. The Hall–Kier alpha value is -0.570. The average molecular weight is 224 g/mol. The highest BCUT2D eigenvalue weighted by Gasteiger charge is 2.43. The molecule has 2 aliphatic rings. The van der Waals surface area contributed by atoms with E-state index in [0.29, 0.717) is 6.04 Å². The summed E-state index contributed by atoms with van der Waals surface area (Å²) in [6.07, 6.45) is 5.23. The van der Waals surface area contributed by atoms with E-state index in [0.717, 1.165) is 18.4 Å². The molecule has 16 heavy (non-hydrogen) atoms. The van der Waals surface area contributed by atoms with Crippen LogP contribution in [-0.4, -0.2) is 24.0 Å². The highest BCUT2D eigenvalue weighted by molar-refractivity contribution is 5.85. The van der Waals surface area contributed by atoms with Crippen molar-refractivity contribution in [2.75, 3.05) is 6.54 Å². The molecule has 0 radical (unpaired) electrons.